The van der Waals surface area contributed by atoms with Crippen LogP contribution in [0.25, 0.3) is 0 Å². The average molecular weight is 330 g/mol. The van der Waals surface area contributed by atoms with E-state index in [1.54, 1.807) is 30.3 Å². The van der Waals surface area contributed by atoms with E-state index >= 15 is 0 Å². The summed E-state index contributed by atoms with van der Waals surface area (Å²) >= 11 is 0. The van der Waals surface area contributed by atoms with Crippen molar-refractivity contribution in [3.05, 3.63) is 35.9 Å². The number of esters is 2. The SMILES string of the molecule is CCOC(=O)C(F)(F)CC(O)(CCc1ccccc1)C(=O)OC. The van der Waals surface area contributed by atoms with Gasteiger partial charge in [0.2, 0.25) is 0 Å². The number of ether oxygens (including phenoxy) is 2. The summed E-state index contributed by atoms with van der Waals surface area (Å²) in [5.74, 6) is -6.98. The summed E-state index contributed by atoms with van der Waals surface area (Å²) in [6.07, 6.45) is -1.53. The van der Waals surface area contributed by atoms with Crippen LogP contribution in [0, 0.1) is 0 Å². The fourth-order valence-corrected chi connectivity index (χ4v) is 2.12. The van der Waals surface area contributed by atoms with Gasteiger partial charge in [0.15, 0.2) is 5.60 Å². The van der Waals surface area contributed by atoms with Crippen LogP contribution in [0.3, 0.4) is 0 Å². The Labute approximate surface area is 133 Å². The van der Waals surface area contributed by atoms with Gasteiger partial charge < -0.3 is 14.6 Å². The van der Waals surface area contributed by atoms with E-state index in [0.717, 1.165) is 12.7 Å². The quantitative estimate of drug-likeness (QED) is 0.739. The topological polar surface area (TPSA) is 72.8 Å². The average Bonchev–Trinajstić information content (AvgIpc) is 2.53. The van der Waals surface area contributed by atoms with Crippen LogP contribution in [0.2, 0.25) is 0 Å². The van der Waals surface area contributed by atoms with Gasteiger partial charge in [0.05, 0.1) is 20.1 Å². The van der Waals surface area contributed by atoms with Crippen LogP contribution in [0.1, 0.15) is 25.3 Å². The van der Waals surface area contributed by atoms with Gasteiger partial charge in [-0.25, -0.2) is 9.59 Å². The predicted molar refractivity (Wildman–Crippen MR) is 77.9 cm³/mol. The molecule has 0 spiro atoms. The summed E-state index contributed by atoms with van der Waals surface area (Å²) in [4.78, 5) is 23.0. The zero-order valence-electron chi connectivity index (χ0n) is 13.1. The minimum Gasteiger partial charge on any atom is -0.467 e. The fraction of sp³-hybridized carbons (Fsp3) is 0.500. The van der Waals surface area contributed by atoms with E-state index in [-0.39, 0.29) is 19.4 Å². The Morgan fingerprint density at radius 3 is 2.30 bits per heavy atom. The highest BCUT2D eigenvalue weighted by Crippen LogP contribution is 2.32. The van der Waals surface area contributed by atoms with E-state index in [2.05, 4.69) is 9.47 Å². The minimum absolute atomic E-state index is 0.172. The summed E-state index contributed by atoms with van der Waals surface area (Å²) in [5.41, 5.74) is -1.73. The molecule has 1 rings (SSSR count). The van der Waals surface area contributed by atoms with E-state index < -0.39 is 29.9 Å². The summed E-state index contributed by atoms with van der Waals surface area (Å²) < 4.78 is 36.5. The standard InChI is InChI=1S/C16H20F2O5/c1-3-23-14(20)16(17,18)11-15(21,13(19)22-2)10-9-12-7-5-4-6-8-12/h4-8,21H,3,9-11H2,1-2H3. The number of alkyl halides is 2. The molecule has 0 heterocycles. The van der Waals surface area contributed by atoms with E-state index in [1.165, 1.54) is 6.92 Å². The number of aliphatic hydroxyl groups is 1. The first-order valence-electron chi connectivity index (χ1n) is 7.15. The first-order chi connectivity index (χ1) is 10.7. The van der Waals surface area contributed by atoms with E-state index in [9.17, 15) is 23.5 Å². The normalized spacial score (nSPS) is 14.0. The summed E-state index contributed by atoms with van der Waals surface area (Å²) in [7, 11) is 0.984. The van der Waals surface area contributed by atoms with Crippen molar-refractivity contribution in [3.8, 4) is 0 Å². The van der Waals surface area contributed by atoms with Gasteiger partial charge in [-0.1, -0.05) is 30.3 Å². The molecule has 0 saturated heterocycles. The van der Waals surface area contributed by atoms with Gasteiger partial charge in [-0.05, 0) is 25.3 Å². The second-order valence-corrected chi connectivity index (χ2v) is 5.11. The van der Waals surface area contributed by atoms with Crippen LogP contribution in [0.4, 0.5) is 8.78 Å². The molecule has 1 atom stereocenters. The van der Waals surface area contributed by atoms with Crippen molar-refractivity contribution in [1.82, 2.24) is 0 Å². The number of methoxy groups -OCH3 is 1. The molecule has 0 aliphatic rings. The number of benzene rings is 1. The highest BCUT2D eigenvalue weighted by molar-refractivity contribution is 5.83. The predicted octanol–water partition coefficient (Wildman–Crippen LogP) is 2.11. The molecular formula is C16H20F2O5. The third-order valence-electron chi connectivity index (χ3n) is 3.32. The lowest BCUT2D eigenvalue weighted by atomic mass is 9.88. The van der Waals surface area contributed by atoms with Crippen molar-refractivity contribution < 1.29 is 33.0 Å². The number of aryl methyl sites for hydroxylation is 1. The molecule has 0 aromatic heterocycles. The molecule has 0 bridgehead atoms. The molecule has 0 amide bonds. The van der Waals surface area contributed by atoms with Gasteiger partial charge in [-0.15, -0.1) is 0 Å². The maximum absolute atomic E-state index is 13.9. The molecule has 23 heavy (non-hydrogen) atoms. The van der Waals surface area contributed by atoms with Crippen LogP contribution in [0.15, 0.2) is 30.3 Å². The molecule has 128 valence electrons. The summed E-state index contributed by atoms with van der Waals surface area (Å²) in [6, 6.07) is 8.76. The summed E-state index contributed by atoms with van der Waals surface area (Å²) in [6.45, 7) is 1.16. The van der Waals surface area contributed by atoms with Gasteiger partial charge >= 0.3 is 17.9 Å². The monoisotopic (exact) mass is 330 g/mol. The molecule has 0 radical (unpaired) electrons. The Hall–Kier alpha value is -2.02. The maximum atomic E-state index is 13.9. The Bertz CT molecular complexity index is 533. The second-order valence-electron chi connectivity index (χ2n) is 5.11. The third-order valence-corrected chi connectivity index (χ3v) is 3.32. The van der Waals surface area contributed by atoms with Crippen molar-refractivity contribution in [3.63, 3.8) is 0 Å². The van der Waals surface area contributed by atoms with Crippen LogP contribution in [-0.2, 0) is 25.5 Å². The molecule has 7 heteroatoms. The van der Waals surface area contributed by atoms with Crippen LogP contribution in [-0.4, -0.2) is 42.3 Å². The second kappa shape index (κ2) is 8.01. The van der Waals surface area contributed by atoms with Crippen molar-refractivity contribution in [2.45, 2.75) is 37.7 Å². The number of carbonyl (C=O) groups excluding carboxylic acids is 2. The van der Waals surface area contributed by atoms with Crippen LogP contribution < -0.4 is 0 Å². The minimum atomic E-state index is -3.99. The third kappa shape index (κ3) is 5.28. The van der Waals surface area contributed by atoms with Crippen molar-refractivity contribution in [2.24, 2.45) is 0 Å². The van der Waals surface area contributed by atoms with Crippen molar-refractivity contribution in [2.75, 3.05) is 13.7 Å². The molecule has 0 saturated carbocycles. The lowest BCUT2D eigenvalue weighted by molar-refractivity contribution is -0.189. The Morgan fingerprint density at radius 1 is 1.17 bits per heavy atom. The number of halogens is 2. The lowest BCUT2D eigenvalue weighted by Crippen LogP contribution is -2.48. The fourth-order valence-electron chi connectivity index (χ4n) is 2.12. The van der Waals surface area contributed by atoms with Gasteiger partial charge in [-0.3, -0.25) is 0 Å². The van der Waals surface area contributed by atoms with Crippen LogP contribution >= 0.6 is 0 Å². The zero-order chi connectivity index (χ0) is 17.5. The Balaban J connectivity index is 2.89. The number of carbonyl (C=O) groups is 2. The number of hydrogen-bond acceptors (Lipinski definition) is 5. The largest absolute Gasteiger partial charge is 0.467 e. The molecule has 0 aliphatic carbocycles. The van der Waals surface area contributed by atoms with Gasteiger partial charge in [0, 0.05) is 0 Å². The zero-order valence-corrected chi connectivity index (χ0v) is 13.1. The molecule has 0 fully saturated rings. The number of hydrogen-bond donors (Lipinski definition) is 1. The highest BCUT2D eigenvalue weighted by atomic mass is 19.3. The van der Waals surface area contributed by atoms with Crippen molar-refractivity contribution >= 4 is 11.9 Å². The first-order valence-corrected chi connectivity index (χ1v) is 7.15. The Kier molecular flexibility index (Phi) is 6.62. The highest BCUT2D eigenvalue weighted by Gasteiger charge is 2.52. The van der Waals surface area contributed by atoms with Gasteiger partial charge in [0.25, 0.3) is 0 Å². The van der Waals surface area contributed by atoms with E-state index in [0.29, 0.717) is 0 Å². The van der Waals surface area contributed by atoms with Gasteiger partial charge in [-0.2, -0.15) is 8.78 Å². The number of rotatable bonds is 8. The molecular weight excluding hydrogens is 310 g/mol. The molecule has 1 N–H and O–H groups in total. The molecule has 1 unspecified atom stereocenters. The maximum Gasteiger partial charge on any atom is 0.377 e. The smallest absolute Gasteiger partial charge is 0.377 e. The molecule has 1 aromatic carbocycles. The molecule has 0 aliphatic heterocycles. The van der Waals surface area contributed by atoms with Crippen LogP contribution in [0.5, 0.6) is 0 Å². The lowest BCUT2D eigenvalue weighted by Gasteiger charge is -2.28. The van der Waals surface area contributed by atoms with Gasteiger partial charge in [0.1, 0.15) is 0 Å². The first kappa shape index (κ1) is 19.0. The van der Waals surface area contributed by atoms with E-state index in [4.69, 9.17) is 0 Å². The molecule has 5 nitrogen and oxygen atoms in total. The van der Waals surface area contributed by atoms with Crippen molar-refractivity contribution in [1.29, 1.82) is 0 Å². The van der Waals surface area contributed by atoms with E-state index in [1.807, 2.05) is 0 Å². The molecule has 1 aromatic rings. The Morgan fingerprint density at radius 2 is 1.78 bits per heavy atom. The summed E-state index contributed by atoms with van der Waals surface area (Å²) in [5, 5.41) is 10.3.